The van der Waals surface area contributed by atoms with Gasteiger partial charge in [-0.05, 0) is 55.3 Å². The largest absolute Gasteiger partial charge is 0.350 e. The van der Waals surface area contributed by atoms with Crippen molar-refractivity contribution < 1.29 is 9.59 Å². The third kappa shape index (κ3) is 5.47. The second kappa shape index (κ2) is 9.99. The van der Waals surface area contributed by atoms with Gasteiger partial charge in [0.2, 0.25) is 5.91 Å². The minimum Gasteiger partial charge on any atom is -0.350 e. The van der Waals surface area contributed by atoms with Crippen LogP contribution in [0.15, 0.2) is 77.6 Å². The summed E-state index contributed by atoms with van der Waals surface area (Å²) in [7, 11) is 0. The number of aromatic nitrogens is 2. The monoisotopic (exact) mass is 455 g/mol. The van der Waals surface area contributed by atoms with Gasteiger partial charge in [0.25, 0.3) is 5.56 Å². The van der Waals surface area contributed by atoms with E-state index in [1.54, 1.807) is 30.3 Å². The molecule has 0 fully saturated rings. The molecule has 0 radical (unpaired) electrons. The zero-order valence-corrected chi connectivity index (χ0v) is 19.0. The number of carbonyl (C=O) groups is 2. The highest BCUT2D eigenvalue weighted by Gasteiger charge is 2.11. The van der Waals surface area contributed by atoms with E-state index in [-0.39, 0.29) is 30.6 Å². The van der Waals surface area contributed by atoms with E-state index in [9.17, 15) is 14.4 Å². The summed E-state index contributed by atoms with van der Waals surface area (Å²) < 4.78 is 1.18. The van der Waals surface area contributed by atoms with Gasteiger partial charge in [-0.15, -0.1) is 0 Å². The summed E-state index contributed by atoms with van der Waals surface area (Å²) >= 11 is 0. The van der Waals surface area contributed by atoms with Crippen molar-refractivity contribution in [2.45, 2.75) is 26.9 Å². The maximum Gasteiger partial charge on any atom is 0.323 e. The zero-order valence-electron chi connectivity index (χ0n) is 19.0. The molecule has 0 saturated carbocycles. The van der Waals surface area contributed by atoms with Gasteiger partial charge in [0.15, 0.2) is 0 Å². The van der Waals surface area contributed by atoms with E-state index in [1.807, 2.05) is 56.3 Å². The number of rotatable bonds is 6. The molecule has 4 rings (SSSR count). The summed E-state index contributed by atoms with van der Waals surface area (Å²) in [5, 5.41) is 14.0. The highest BCUT2D eigenvalue weighted by Crippen LogP contribution is 2.14. The first kappa shape index (κ1) is 22.7. The Balaban J connectivity index is 1.36. The highest BCUT2D eigenvalue weighted by atomic mass is 16.2. The molecule has 0 spiro atoms. The minimum absolute atomic E-state index is 0.179. The topological polar surface area (TPSA) is 105 Å². The number of nitrogens with one attached hydrogen (secondary N) is 3. The molecule has 0 atom stereocenters. The van der Waals surface area contributed by atoms with Crippen LogP contribution in [0.2, 0.25) is 0 Å². The van der Waals surface area contributed by atoms with E-state index in [2.05, 4.69) is 21.0 Å². The molecule has 3 N–H and O–H groups in total. The van der Waals surface area contributed by atoms with E-state index in [1.165, 1.54) is 4.68 Å². The summed E-state index contributed by atoms with van der Waals surface area (Å²) in [6.45, 7) is 3.83. The first-order valence-corrected chi connectivity index (χ1v) is 10.9. The number of fused-ring (bicyclic) bond motifs is 1. The van der Waals surface area contributed by atoms with Crippen molar-refractivity contribution in [2.75, 3.05) is 10.6 Å². The number of urea groups is 1. The molecule has 8 nitrogen and oxygen atoms in total. The summed E-state index contributed by atoms with van der Waals surface area (Å²) in [5.41, 5.74) is 3.53. The fourth-order valence-electron chi connectivity index (χ4n) is 3.68. The number of hydrogen-bond acceptors (Lipinski definition) is 4. The predicted octanol–water partition coefficient (Wildman–Crippen LogP) is 3.97. The molecule has 3 aromatic carbocycles. The van der Waals surface area contributed by atoms with Crippen LogP contribution in [0.3, 0.4) is 0 Å². The maximum atomic E-state index is 12.7. The first-order chi connectivity index (χ1) is 16.4. The van der Waals surface area contributed by atoms with Crippen LogP contribution in [-0.4, -0.2) is 21.7 Å². The van der Waals surface area contributed by atoms with Gasteiger partial charge >= 0.3 is 6.03 Å². The molecule has 3 amide bonds. The van der Waals surface area contributed by atoms with Crippen LogP contribution in [0.4, 0.5) is 16.2 Å². The minimum atomic E-state index is -0.357. The molecular formula is C26H25N5O3. The number of hydrogen-bond donors (Lipinski definition) is 3. The smallest absolute Gasteiger partial charge is 0.323 e. The van der Waals surface area contributed by atoms with Gasteiger partial charge in [0, 0.05) is 23.3 Å². The summed E-state index contributed by atoms with van der Waals surface area (Å²) in [4.78, 5) is 37.4. The van der Waals surface area contributed by atoms with E-state index < -0.39 is 0 Å². The quantitative estimate of drug-likeness (QED) is 0.409. The standard InChI is InChI=1S/C26H25N5O3/c1-17-7-5-9-20(13-17)28-26(34)29-21-10-6-8-19(14-21)15-27-24(32)16-31-25(33)23-12-4-3-11-22(23)18(2)30-31/h3-14H,15-16H2,1-2H3,(H,27,32)(H2,28,29,34). The molecule has 0 aliphatic carbocycles. The Hall–Kier alpha value is -4.46. The SMILES string of the molecule is Cc1cccc(NC(=O)Nc2cccc(CNC(=O)Cn3nc(C)c4ccccc4c3=O)c2)c1. The summed E-state index contributed by atoms with van der Waals surface area (Å²) in [5.74, 6) is -0.333. The lowest BCUT2D eigenvalue weighted by Gasteiger charge is -2.11. The van der Waals surface area contributed by atoms with E-state index in [4.69, 9.17) is 0 Å². The molecule has 0 bridgehead atoms. The van der Waals surface area contributed by atoms with Crippen LogP contribution in [0.5, 0.6) is 0 Å². The molecule has 1 aromatic heterocycles. The molecular weight excluding hydrogens is 430 g/mol. The second-order valence-corrected chi connectivity index (χ2v) is 8.02. The van der Waals surface area contributed by atoms with Crippen LogP contribution < -0.4 is 21.5 Å². The average Bonchev–Trinajstić information content (AvgIpc) is 2.81. The number of benzene rings is 3. The van der Waals surface area contributed by atoms with Crippen molar-refractivity contribution >= 4 is 34.1 Å². The molecule has 172 valence electrons. The Morgan fingerprint density at radius 2 is 1.53 bits per heavy atom. The molecule has 0 aliphatic heterocycles. The molecule has 8 heteroatoms. The van der Waals surface area contributed by atoms with Gasteiger partial charge < -0.3 is 16.0 Å². The van der Waals surface area contributed by atoms with E-state index in [0.29, 0.717) is 22.5 Å². The summed E-state index contributed by atoms with van der Waals surface area (Å²) in [6.07, 6.45) is 0. The molecule has 4 aromatic rings. The third-order valence-corrected chi connectivity index (χ3v) is 5.30. The predicted molar refractivity (Wildman–Crippen MR) is 133 cm³/mol. The van der Waals surface area contributed by atoms with Gasteiger partial charge in [0.1, 0.15) is 6.54 Å². The molecule has 34 heavy (non-hydrogen) atoms. The highest BCUT2D eigenvalue weighted by molar-refractivity contribution is 5.99. The van der Waals surface area contributed by atoms with Crippen LogP contribution in [0, 0.1) is 13.8 Å². The van der Waals surface area contributed by atoms with Gasteiger partial charge in [-0.2, -0.15) is 5.10 Å². The molecule has 1 heterocycles. The van der Waals surface area contributed by atoms with Crippen molar-refractivity contribution in [1.29, 1.82) is 0 Å². The number of amides is 3. The van der Waals surface area contributed by atoms with Crippen molar-refractivity contribution in [3.05, 3.63) is 100.0 Å². The Morgan fingerprint density at radius 3 is 2.26 bits per heavy atom. The summed E-state index contributed by atoms with van der Waals surface area (Å²) in [6, 6.07) is 21.5. The fraction of sp³-hybridized carbons (Fsp3) is 0.154. The van der Waals surface area contributed by atoms with Gasteiger partial charge in [0.05, 0.1) is 11.1 Å². The average molecular weight is 456 g/mol. The van der Waals surface area contributed by atoms with Crippen LogP contribution in [0.25, 0.3) is 10.8 Å². The van der Waals surface area contributed by atoms with Gasteiger partial charge in [-0.1, -0.05) is 42.5 Å². The number of nitrogens with zero attached hydrogens (tertiary/aromatic N) is 2. The van der Waals surface area contributed by atoms with Crippen LogP contribution >= 0.6 is 0 Å². The normalized spacial score (nSPS) is 10.6. The van der Waals surface area contributed by atoms with Crippen LogP contribution in [-0.2, 0) is 17.9 Å². The zero-order chi connectivity index (χ0) is 24.1. The molecule has 0 aliphatic rings. The molecule has 0 unspecified atom stereocenters. The first-order valence-electron chi connectivity index (χ1n) is 10.9. The number of carbonyl (C=O) groups excluding carboxylic acids is 2. The van der Waals surface area contributed by atoms with E-state index in [0.717, 1.165) is 16.5 Å². The fourth-order valence-corrected chi connectivity index (χ4v) is 3.68. The lowest BCUT2D eigenvalue weighted by atomic mass is 10.1. The Bertz CT molecular complexity index is 1430. The maximum absolute atomic E-state index is 12.7. The number of aryl methyl sites for hydroxylation is 2. The van der Waals surface area contributed by atoms with Gasteiger partial charge in [-0.25, -0.2) is 9.48 Å². The van der Waals surface area contributed by atoms with Crippen molar-refractivity contribution in [3.8, 4) is 0 Å². The third-order valence-electron chi connectivity index (χ3n) is 5.30. The molecule has 0 saturated heterocycles. The van der Waals surface area contributed by atoms with Crippen molar-refractivity contribution in [3.63, 3.8) is 0 Å². The lowest BCUT2D eigenvalue weighted by molar-refractivity contribution is -0.122. The Labute approximate surface area is 196 Å². The van der Waals surface area contributed by atoms with Crippen molar-refractivity contribution in [1.82, 2.24) is 15.1 Å². The van der Waals surface area contributed by atoms with Gasteiger partial charge in [-0.3, -0.25) is 9.59 Å². The van der Waals surface area contributed by atoms with E-state index >= 15 is 0 Å². The number of anilines is 2. The lowest BCUT2D eigenvalue weighted by Crippen LogP contribution is -2.33. The van der Waals surface area contributed by atoms with Crippen molar-refractivity contribution in [2.24, 2.45) is 0 Å². The second-order valence-electron chi connectivity index (χ2n) is 8.02. The Kier molecular flexibility index (Phi) is 6.68. The Morgan fingerprint density at radius 1 is 0.853 bits per heavy atom. The van der Waals surface area contributed by atoms with Crippen LogP contribution in [0.1, 0.15) is 16.8 Å².